The molecule has 7 nitrogen and oxygen atoms in total. The van der Waals surface area contributed by atoms with Gasteiger partial charge >= 0.3 is 5.97 Å². The Balaban J connectivity index is 1.90. The van der Waals surface area contributed by atoms with E-state index < -0.39 is 12.0 Å². The summed E-state index contributed by atoms with van der Waals surface area (Å²) in [5.74, 6) is 0.641. The molecule has 3 aromatic rings. The fourth-order valence-corrected chi connectivity index (χ4v) is 4.89. The molecule has 0 radical (unpaired) electrons. The number of fused-ring (bicyclic) bond motifs is 1. The van der Waals surface area contributed by atoms with Crippen molar-refractivity contribution in [2.75, 3.05) is 20.8 Å². The molecule has 1 aromatic heterocycles. The Morgan fingerprint density at radius 3 is 2.56 bits per heavy atom. The molecular weight excluding hydrogens is 452 g/mol. The van der Waals surface area contributed by atoms with Crippen molar-refractivity contribution < 1.29 is 19.0 Å². The average Bonchev–Trinajstić information content (AvgIpc) is 3.16. The number of aromatic nitrogens is 1. The Labute approximate surface area is 200 Å². The molecule has 2 heterocycles. The number of nitrogens with zero attached hydrogens (tertiary/aromatic N) is 2. The molecule has 1 aliphatic heterocycles. The Morgan fingerprint density at radius 1 is 1.15 bits per heavy atom. The van der Waals surface area contributed by atoms with Gasteiger partial charge in [0.1, 0.15) is 6.61 Å². The van der Waals surface area contributed by atoms with Gasteiger partial charge in [-0.2, -0.15) is 0 Å². The van der Waals surface area contributed by atoms with Crippen LogP contribution in [0.3, 0.4) is 0 Å². The number of hydrogen-bond donors (Lipinski definition) is 0. The van der Waals surface area contributed by atoms with E-state index in [0.717, 1.165) is 11.1 Å². The zero-order chi connectivity index (χ0) is 24.2. The van der Waals surface area contributed by atoms with E-state index in [2.05, 4.69) is 11.6 Å². The number of benzene rings is 2. The van der Waals surface area contributed by atoms with Crippen LogP contribution in [-0.4, -0.2) is 31.4 Å². The number of esters is 1. The predicted molar refractivity (Wildman–Crippen MR) is 131 cm³/mol. The van der Waals surface area contributed by atoms with Crippen molar-refractivity contribution in [1.29, 1.82) is 0 Å². The molecule has 8 heteroatoms. The van der Waals surface area contributed by atoms with E-state index in [0.29, 0.717) is 32.1 Å². The molecule has 1 unspecified atom stereocenters. The largest absolute Gasteiger partial charge is 0.493 e. The zero-order valence-corrected chi connectivity index (χ0v) is 19.9. The van der Waals surface area contributed by atoms with Gasteiger partial charge in [-0.1, -0.05) is 60.4 Å². The summed E-state index contributed by atoms with van der Waals surface area (Å²) in [6.45, 7) is 5.43. The lowest BCUT2D eigenvalue weighted by Crippen LogP contribution is -2.39. The van der Waals surface area contributed by atoms with Gasteiger partial charge in [-0.15, -0.1) is 0 Å². The molecule has 2 aromatic carbocycles. The van der Waals surface area contributed by atoms with E-state index >= 15 is 0 Å². The summed E-state index contributed by atoms with van der Waals surface area (Å²) in [5.41, 5.74) is 2.18. The summed E-state index contributed by atoms with van der Waals surface area (Å²) >= 11 is 1.27. The van der Waals surface area contributed by atoms with Gasteiger partial charge in [0.2, 0.25) is 0 Å². The van der Waals surface area contributed by atoms with Crippen LogP contribution in [0.4, 0.5) is 0 Å². The fourth-order valence-electron chi connectivity index (χ4n) is 3.84. The topological polar surface area (TPSA) is 79.1 Å². The standard InChI is InChI=1S/C26H24N2O5S/c1-5-13-33-25(30)22-16(2)27-26-28(23(22)18-9-7-6-8-10-18)24(29)21(34-26)15-17-11-12-19(31-3)20(14-17)32-4/h5-12,14-15,23H,1,13H2,2-4H3/b21-15+. The lowest BCUT2D eigenvalue weighted by Gasteiger charge is -2.24. The fraction of sp³-hybridized carbons (Fsp3) is 0.192. The molecular formula is C26H24N2O5S. The first-order valence-corrected chi connectivity index (χ1v) is 11.4. The minimum absolute atomic E-state index is 0.0703. The van der Waals surface area contributed by atoms with Crippen molar-refractivity contribution in [3.05, 3.63) is 103 Å². The third kappa shape index (κ3) is 4.32. The molecule has 0 saturated heterocycles. The van der Waals surface area contributed by atoms with E-state index in [1.807, 2.05) is 36.4 Å². The van der Waals surface area contributed by atoms with E-state index in [-0.39, 0.29) is 12.2 Å². The molecule has 0 fully saturated rings. The number of carbonyl (C=O) groups excluding carboxylic acids is 1. The second-order valence-electron chi connectivity index (χ2n) is 7.49. The van der Waals surface area contributed by atoms with Gasteiger partial charge in [0.15, 0.2) is 16.3 Å². The quantitative estimate of drug-likeness (QED) is 0.387. The normalized spacial score (nSPS) is 15.4. The number of hydrogen-bond acceptors (Lipinski definition) is 7. The first-order chi connectivity index (χ1) is 16.5. The highest BCUT2D eigenvalue weighted by Gasteiger charge is 2.33. The van der Waals surface area contributed by atoms with Crippen molar-refractivity contribution >= 4 is 23.4 Å². The van der Waals surface area contributed by atoms with E-state index in [9.17, 15) is 9.59 Å². The van der Waals surface area contributed by atoms with Crippen LogP contribution in [0.25, 0.3) is 6.08 Å². The molecule has 34 heavy (non-hydrogen) atoms. The first kappa shape index (κ1) is 23.3. The van der Waals surface area contributed by atoms with Gasteiger partial charge < -0.3 is 14.2 Å². The molecule has 0 amide bonds. The summed E-state index contributed by atoms with van der Waals surface area (Å²) in [7, 11) is 3.13. The summed E-state index contributed by atoms with van der Waals surface area (Å²) in [6.07, 6.45) is 3.28. The van der Waals surface area contributed by atoms with Gasteiger partial charge in [0, 0.05) is 0 Å². The van der Waals surface area contributed by atoms with Crippen molar-refractivity contribution in [3.8, 4) is 11.5 Å². The highest BCUT2D eigenvalue weighted by molar-refractivity contribution is 7.07. The van der Waals surface area contributed by atoms with Gasteiger partial charge in [-0.3, -0.25) is 9.36 Å². The second-order valence-corrected chi connectivity index (χ2v) is 8.50. The molecule has 174 valence electrons. The van der Waals surface area contributed by atoms with E-state index in [4.69, 9.17) is 14.2 Å². The highest BCUT2D eigenvalue weighted by Crippen LogP contribution is 2.31. The van der Waals surface area contributed by atoms with Gasteiger partial charge in [0.25, 0.3) is 5.56 Å². The second kappa shape index (κ2) is 9.93. The number of ether oxygens (including phenoxy) is 3. The van der Waals surface area contributed by atoms with Crippen LogP contribution in [0.15, 0.2) is 82.2 Å². The van der Waals surface area contributed by atoms with Crippen LogP contribution in [0.2, 0.25) is 0 Å². The molecule has 4 rings (SSSR count). The number of allylic oxidation sites excluding steroid dienone is 1. The maximum absolute atomic E-state index is 13.6. The minimum Gasteiger partial charge on any atom is -0.493 e. The lowest BCUT2D eigenvalue weighted by atomic mass is 9.96. The Kier molecular flexibility index (Phi) is 6.79. The minimum atomic E-state index is -0.651. The highest BCUT2D eigenvalue weighted by atomic mass is 32.1. The summed E-state index contributed by atoms with van der Waals surface area (Å²) < 4.78 is 18.1. The van der Waals surface area contributed by atoms with E-state index in [1.165, 1.54) is 17.4 Å². The molecule has 0 saturated carbocycles. The number of thiazole rings is 1. The van der Waals surface area contributed by atoms with Gasteiger partial charge in [-0.25, -0.2) is 9.79 Å². The monoisotopic (exact) mass is 476 g/mol. The van der Waals surface area contributed by atoms with Crippen molar-refractivity contribution in [1.82, 2.24) is 4.57 Å². The van der Waals surface area contributed by atoms with Crippen molar-refractivity contribution in [2.45, 2.75) is 13.0 Å². The molecule has 1 aliphatic rings. The van der Waals surface area contributed by atoms with Crippen LogP contribution in [0, 0.1) is 0 Å². The summed E-state index contributed by atoms with van der Waals surface area (Å²) in [5, 5.41) is 0. The van der Waals surface area contributed by atoms with Gasteiger partial charge in [0.05, 0.1) is 36.1 Å². The Bertz CT molecular complexity index is 1450. The maximum atomic E-state index is 13.6. The molecule has 1 atom stereocenters. The Hall–Kier alpha value is -3.91. The maximum Gasteiger partial charge on any atom is 0.338 e. The molecule has 0 N–H and O–H groups in total. The lowest BCUT2D eigenvalue weighted by molar-refractivity contribution is -0.138. The summed E-state index contributed by atoms with van der Waals surface area (Å²) in [4.78, 5) is 31.7. The number of rotatable bonds is 7. The zero-order valence-electron chi connectivity index (χ0n) is 19.1. The van der Waals surface area contributed by atoms with Crippen LogP contribution in [0.5, 0.6) is 11.5 Å². The van der Waals surface area contributed by atoms with E-state index in [1.54, 1.807) is 43.9 Å². The predicted octanol–water partition coefficient (Wildman–Crippen LogP) is 2.98. The summed E-state index contributed by atoms with van der Waals surface area (Å²) in [6, 6.07) is 14.2. The molecule has 0 aliphatic carbocycles. The third-order valence-electron chi connectivity index (χ3n) is 5.39. The van der Waals surface area contributed by atoms with Gasteiger partial charge in [-0.05, 0) is 36.3 Å². The van der Waals surface area contributed by atoms with Crippen LogP contribution in [0.1, 0.15) is 24.1 Å². The average molecular weight is 477 g/mol. The number of carbonyl (C=O) groups is 1. The van der Waals surface area contributed by atoms with Crippen molar-refractivity contribution in [2.24, 2.45) is 4.99 Å². The first-order valence-electron chi connectivity index (χ1n) is 10.6. The van der Waals surface area contributed by atoms with Crippen LogP contribution >= 0.6 is 11.3 Å². The smallest absolute Gasteiger partial charge is 0.338 e. The molecule has 0 bridgehead atoms. The molecule has 0 spiro atoms. The third-order valence-corrected chi connectivity index (χ3v) is 6.38. The van der Waals surface area contributed by atoms with Crippen LogP contribution < -0.4 is 24.4 Å². The van der Waals surface area contributed by atoms with Crippen molar-refractivity contribution in [3.63, 3.8) is 0 Å². The Morgan fingerprint density at radius 2 is 1.88 bits per heavy atom. The van der Waals surface area contributed by atoms with Crippen LogP contribution in [-0.2, 0) is 9.53 Å². The SMILES string of the molecule is C=CCOC(=O)C1=C(C)N=c2s/c(=C/c3ccc(OC)c(OC)c3)c(=O)n2C1c1ccccc1. The number of methoxy groups -OCH3 is 2.